The molecule has 30 heavy (non-hydrogen) atoms. The monoisotopic (exact) mass is 396 g/mol. The molecule has 0 spiro atoms. The van der Waals surface area contributed by atoms with E-state index in [0.717, 1.165) is 16.7 Å². The summed E-state index contributed by atoms with van der Waals surface area (Å²) in [5, 5.41) is 0. The molecule has 1 fully saturated rings. The number of hydrogen-bond acceptors (Lipinski definition) is 3. The van der Waals surface area contributed by atoms with Crippen molar-refractivity contribution in [2.24, 2.45) is 0 Å². The lowest BCUT2D eigenvalue weighted by Crippen LogP contribution is -2.39. The lowest BCUT2D eigenvalue weighted by Gasteiger charge is -2.22. The van der Waals surface area contributed by atoms with E-state index in [9.17, 15) is 9.59 Å². The number of hydrogen-bond donors (Lipinski definition) is 0. The van der Waals surface area contributed by atoms with Gasteiger partial charge in [-0.3, -0.25) is 4.79 Å². The van der Waals surface area contributed by atoms with Crippen LogP contribution in [0.25, 0.3) is 11.1 Å². The summed E-state index contributed by atoms with van der Waals surface area (Å²) in [5.74, 6) is -0.149. The van der Waals surface area contributed by atoms with Gasteiger partial charge in [0, 0.05) is 12.5 Å². The second kappa shape index (κ2) is 9.55. The molecule has 3 aromatic rings. The van der Waals surface area contributed by atoms with Crippen molar-refractivity contribution in [2.75, 3.05) is 0 Å². The Morgan fingerprint density at radius 1 is 0.867 bits per heavy atom. The number of nitrogens with zero attached hydrogens (tertiary/aromatic N) is 1. The summed E-state index contributed by atoms with van der Waals surface area (Å²) in [6, 6.07) is 28.3. The smallest absolute Gasteiger partial charge is 0.331 e. The van der Waals surface area contributed by atoms with Gasteiger partial charge in [-0.15, -0.1) is 0 Å². The van der Waals surface area contributed by atoms with Crippen molar-refractivity contribution >= 4 is 19.5 Å². The Kier molecular flexibility index (Phi) is 6.40. The fourth-order valence-corrected chi connectivity index (χ4v) is 3.90. The van der Waals surface area contributed by atoms with E-state index in [1.54, 1.807) is 0 Å². The van der Waals surface area contributed by atoms with Gasteiger partial charge in [-0.2, -0.15) is 0 Å². The Morgan fingerprint density at radius 2 is 1.50 bits per heavy atom. The number of carbonyl (C=O) groups is 2. The van der Waals surface area contributed by atoms with Crippen molar-refractivity contribution in [1.82, 2.24) is 4.81 Å². The van der Waals surface area contributed by atoms with Gasteiger partial charge in [-0.05, 0) is 28.7 Å². The van der Waals surface area contributed by atoms with E-state index >= 15 is 0 Å². The summed E-state index contributed by atoms with van der Waals surface area (Å²) < 4.78 is 5.90. The van der Waals surface area contributed by atoms with Gasteiger partial charge >= 0.3 is 7.41 Å². The van der Waals surface area contributed by atoms with E-state index in [1.807, 2.05) is 48.5 Å². The van der Waals surface area contributed by atoms with E-state index in [1.165, 1.54) is 17.8 Å². The van der Waals surface area contributed by atoms with Gasteiger partial charge in [-0.25, -0.2) is 0 Å². The van der Waals surface area contributed by atoms with E-state index in [4.69, 9.17) is 4.74 Å². The van der Waals surface area contributed by atoms with Crippen LogP contribution in [0.3, 0.4) is 0 Å². The fraction of sp³-hybridized carbons (Fsp3) is 0.200. The number of ether oxygens (including phenoxy) is 1. The second-order valence-electron chi connectivity index (χ2n) is 7.47. The Morgan fingerprint density at radius 3 is 2.17 bits per heavy atom. The zero-order valence-corrected chi connectivity index (χ0v) is 16.7. The molecule has 5 heteroatoms. The van der Waals surface area contributed by atoms with Crippen molar-refractivity contribution in [3.63, 3.8) is 0 Å². The van der Waals surface area contributed by atoms with Crippen molar-refractivity contribution in [1.29, 1.82) is 0 Å². The molecule has 1 amide bonds. The maximum absolute atomic E-state index is 12.8. The third-order valence-corrected chi connectivity index (χ3v) is 5.46. The fourth-order valence-electron chi connectivity index (χ4n) is 3.90. The van der Waals surface area contributed by atoms with Crippen LogP contribution < -0.4 is 0 Å². The largest absolute Gasteiger partial charge is 0.377 e. The zero-order chi connectivity index (χ0) is 20.8. The van der Waals surface area contributed by atoms with Crippen LogP contribution >= 0.6 is 0 Å². The summed E-state index contributed by atoms with van der Waals surface area (Å²) in [6.45, 7) is 0.380. The summed E-state index contributed by atoms with van der Waals surface area (Å²) in [4.78, 5) is 25.4. The van der Waals surface area contributed by atoms with Crippen molar-refractivity contribution in [2.45, 2.75) is 31.6 Å². The molecular weight excluding hydrogens is 373 g/mol. The molecule has 0 bridgehead atoms. The maximum atomic E-state index is 12.8. The molecule has 0 unspecified atom stereocenters. The molecule has 1 saturated heterocycles. The molecule has 0 N–H and O–H groups in total. The van der Waals surface area contributed by atoms with Crippen molar-refractivity contribution < 1.29 is 14.3 Å². The van der Waals surface area contributed by atoms with Gasteiger partial charge in [0.05, 0.1) is 6.61 Å². The minimum absolute atomic E-state index is 0.0916. The predicted molar refractivity (Wildman–Crippen MR) is 118 cm³/mol. The van der Waals surface area contributed by atoms with Crippen LogP contribution in [0.4, 0.5) is 0 Å². The summed E-state index contributed by atoms with van der Waals surface area (Å²) in [7, 11) is 1.33. The molecular formula is C25H23BNO3. The normalized spacial score (nSPS) is 18.4. The first-order valence-electron chi connectivity index (χ1n) is 10.2. The minimum atomic E-state index is -0.532. The SMILES string of the molecule is O=C[B]N1C(=O)[C@H](OCc2ccccc2)C[C@H]1Cc1ccc(-c2ccccc2)cc1. The Bertz CT molecular complexity index is 976. The van der Waals surface area contributed by atoms with Gasteiger partial charge in [0.25, 0.3) is 0 Å². The maximum Gasteiger partial charge on any atom is 0.331 e. The van der Waals surface area contributed by atoms with E-state index in [0.29, 0.717) is 25.6 Å². The lowest BCUT2D eigenvalue weighted by atomic mass is 9.91. The average molecular weight is 396 g/mol. The minimum Gasteiger partial charge on any atom is -0.377 e. The third kappa shape index (κ3) is 4.69. The third-order valence-electron chi connectivity index (χ3n) is 5.46. The van der Waals surface area contributed by atoms with Gasteiger partial charge in [0.15, 0.2) is 0 Å². The van der Waals surface area contributed by atoms with Crippen LogP contribution in [0.2, 0.25) is 0 Å². The molecule has 0 saturated carbocycles. The van der Waals surface area contributed by atoms with Gasteiger partial charge in [0.1, 0.15) is 12.3 Å². The van der Waals surface area contributed by atoms with Crippen LogP contribution in [0.5, 0.6) is 0 Å². The first-order valence-corrected chi connectivity index (χ1v) is 10.2. The molecule has 1 aliphatic rings. The Balaban J connectivity index is 1.42. The van der Waals surface area contributed by atoms with E-state index < -0.39 is 6.10 Å². The second-order valence-corrected chi connectivity index (χ2v) is 7.47. The number of carbonyl (C=O) groups excluding carboxylic acids is 2. The molecule has 4 rings (SSSR count). The summed E-state index contributed by atoms with van der Waals surface area (Å²) in [5.41, 5.74) is 4.48. The standard InChI is InChI=1S/C25H23BNO3/c28-18-26-27-23(16-24(25(27)29)30-17-20-7-3-1-4-8-20)15-19-11-13-22(14-12-19)21-9-5-2-6-10-21/h1-14,18,23-24H,15-17H2/t23-,24-/m1/s1. The molecule has 3 aromatic carbocycles. The summed E-state index contributed by atoms with van der Waals surface area (Å²) >= 11 is 0. The molecule has 1 aliphatic heterocycles. The highest BCUT2D eigenvalue weighted by atomic mass is 16.5. The highest BCUT2D eigenvalue weighted by molar-refractivity contribution is 6.66. The van der Waals surface area contributed by atoms with E-state index in [2.05, 4.69) is 36.4 Å². The molecule has 2 atom stereocenters. The van der Waals surface area contributed by atoms with Crippen LogP contribution in [0.15, 0.2) is 84.9 Å². The predicted octanol–water partition coefficient (Wildman–Crippen LogP) is 3.89. The lowest BCUT2D eigenvalue weighted by molar-refractivity contribution is -0.134. The first-order chi connectivity index (χ1) is 14.7. The van der Waals surface area contributed by atoms with Gasteiger partial charge in [0.2, 0.25) is 5.91 Å². The molecule has 1 heterocycles. The first kappa shape index (κ1) is 20.1. The molecule has 4 nitrogen and oxygen atoms in total. The Labute approximate surface area is 177 Å². The quantitative estimate of drug-likeness (QED) is 0.429. The molecule has 0 aromatic heterocycles. The highest BCUT2D eigenvalue weighted by Crippen LogP contribution is 2.26. The van der Waals surface area contributed by atoms with Crippen LogP contribution in [-0.4, -0.2) is 36.5 Å². The van der Waals surface area contributed by atoms with Crippen LogP contribution in [0, 0.1) is 0 Å². The summed E-state index contributed by atoms with van der Waals surface area (Å²) in [6.07, 6.45) is 1.38. The molecule has 149 valence electrons. The van der Waals surface area contributed by atoms with Crippen LogP contribution in [0.1, 0.15) is 17.5 Å². The zero-order valence-electron chi connectivity index (χ0n) is 16.7. The highest BCUT2D eigenvalue weighted by Gasteiger charge is 2.39. The van der Waals surface area contributed by atoms with Gasteiger partial charge < -0.3 is 14.3 Å². The number of benzene rings is 3. The van der Waals surface area contributed by atoms with Crippen molar-refractivity contribution in [3.8, 4) is 11.1 Å². The van der Waals surface area contributed by atoms with Crippen molar-refractivity contribution in [3.05, 3.63) is 96.1 Å². The van der Waals surface area contributed by atoms with Gasteiger partial charge in [-0.1, -0.05) is 84.9 Å². The molecule has 0 aliphatic carbocycles. The van der Waals surface area contributed by atoms with E-state index in [-0.39, 0.29) is 11.9 Å². The van der Waals surface area contributed by atoms with Crippen LogP contribution in [-0.2, 0) is 27.4 Å². The average Bonchev–Trinajstić information content (AvgIpc) is 3.09. The number of amides is 1. The number of rotatable bonds is 8. The topological polar surface area (TPSA) is 46.6 Å². The molecule has 1 radical (unpaired) electrons. The Hall–Kier alpha value is -3.18.